The predicted molar refractivity (Wildman–Crippen MR) is 96.8 cm³/mol. The van der Waals surface area contributed by atoms with Crippen LogP contribution in [-0.4, -0.2) is 45.1 Å². The van der Waals surface area contributed by atoms with Gasteiger partial charge in [-0.05, 0) is 30.0 Å². The Hall–Kier alpha value is -2.14. The van der Waals surface area contributed by atoms with Gasteiger partial charge in [0.25, 0.3) is 0 Å². The first-order chi connectivity index (χ1) is 12.0. The molecule has 2 saturated heterocycles. The van der Waals surface area contributed by atoms with Crippen LogP contribution < -0.4 is 0 Å². The first-order valence-electron chi connectivity index (χ1n) is 9.06. The smallest absolute Gasteiger partial charge is 0.219 e. The number of amides is 1. The Labute approximate surface area is 149 Å². The number of carbonyl (C=O) groups excluding carboxylic acids is 1. The molecule has 0 radical (unpaired) electrons. The maximum Gasteiger partial charge on any atom is 0.219 e. The highest BCUT2D eigenvalue weighted by Crippen LogP contribution is 2.45. The molecule has 5 heteroatoms. The lowest BCUT2D eigenvalue weighted by molar-refractivity contribution is -0.130. The summed E-state index contributed by atoms with van der Waals surface area (Å²) < 4.78 is 1.86. The average molecular weight is 338 g/mol. The van der Waals surface area contributed by atoms with E-state index in [4.69, 9.17) is 0 Å². The number of fused-ring (bicyclic) bond motifs is 1. The van der Waals surface area contributed by atoms with Crippen molar-refractivity contribution >= 4 is 5.91 Å². The molecule has 1 aromatic heterocycles. The van der Waals surface area contributed by atoms with Crippen molar-refractivity contribution in [2.45, 2.75) is 26.4 Å². The van der Waals surface area contributed by atoms with Gasteiger partial charge in [-0.2, -0.15) is 5.10 Å². The molecule has 4 rings (SSSR count). The van der Waals surface area contributed by atoms with Crippen molar-refractivity contribution in [3.8, 4) is 0 Å². The Morgan fingerprint density at radius 1 is 1.20 bits per heavy atom. The van der Waals surface area contributed by atoms with Crippen LogP contribution in [0.5, 0.6) is 0 Å². The fourth-order valence-corrected chi connectivity index (χ4v) is 4.68. The lowest BCUT2D eigenvalue weighted by atomic mass is 9.87. The zero-order chi connectivity index (χ0) is 17.6. The third-order valence-corrected chi connectivity index (χ3v) is 5.81. The highest BCUT2D eigenvalue weighted by atomic mass is 16.2. The molecule has 5 nitrogen and oxygen atoms in total. The molecule has 2 aliphatic heterocycles. The van der Waals surface area contributed by atoms with Crippen LogP contribution in [0.25, 0.3) is 0 Å². The maximum atomic E-state index is 12.2. The van der Waals surface area contributed by atoms with Gasteiger partial charge in [-0.15, -0.1) is 0 Å². The molecule has 0 aliphatic carbocycles. The Kier molecular flexibility index (Phi) is 4.12. The predicted octanol–water partition coefficient (Wildman–Crippen LogP) is 2.38. The van der Waals surface area contributed by atoms with E-state index in [1.54, 1.807) is 6.92 Å². The van der Waals surface area contributed by atoms with Gasteiger partial charge in [0, 0.05) is 52.3 Å². The Morgan fingerprint density at radius 2 is 2.00 bits per heavy atom. The van der Waals surface area contributed by atoms with Gasteiger partial charge < -0.3 is 4.90 Å². The highest BCUT2D eigenvalue weighted by molar-refractivity contribution is 5.74. The van der Waals surface area contributed by atoms with Gasteiger partial charge in [-0.1, -0.05) is 24.3 Å². The number of nitrogens with zero attached hydrogens (tertiary/aromatic N) is 4. The summed E-state index contributed by atoms with van der Waals surface area (Å²) in [6, 6.07) is 10.8. The third kappa shape index (κ3) is 2.97. The molecular formula is C20H26N4O. The zero-order valence-corrected chi connectivity index (χ0v) is 15.2. The summed E-state index contributed by atoms with van der Waals surface area (Å²) in [6.07, 6.45) is 2.00. The first-order valence-corrected chi connectivity index (χ1v) is 9.06. The summed E-state index contributed by atoms with van der Waals surface area (Å²) >= 11 is 0. The summed E-state index contributed by atoms with van der Waals surface area (Å²) in [5.41, 5.74) is 3.71. The molecule has 0 saturated carbocycles. The van der Waals surface area contributed by atoms with Crippen LogP contribution in [0.3, 0.4) is 0 Å². The summed E-state index contributed by atoms with van der Waals surface area (Å²) in [6.45, 7) is 7.71. The number of likely N-dealkylation sites (tertiary alicyclic amines) is 2. The molecule has 0 bridgehead atoms. The molecule has 3 atom stereocenters. The van der Waals surface area contributed by atoms with Crippen LogP contribution in [0, 0.1) is 18.8 Å². The zero-order valence-electron chi connectivity index (χ0n) is 15.2. The number of aryl methyl sites for hydroxylation is 2. The molecule has 25 heavy (non-hydrogen) atoms. The largest absolute Gasteiger partial charge is 0.335 e. The van der Waals surface area contributed by atoms with Crippen LogP contribution >= 0.6 is 0 Å². The van der Waals surface area contributed by atoms with Gasteiger partial charge in [0.1, 0.15) is 0 Å². The fraction of sp³-hybridized carbons (Fsp3) is 0.500. The molecule has 1 aromatic carbocycles. The lowest BCUT2D eigenvalue weighted by Gasteiger charge is -2.30. The second-order valence-electron chi connectivity index (χ2n) is 7.57. The molecule has 2 aromatic rings. The topological polar surface area (TPSA) is 41.4 Å². The maximum absolute atomic E-state index is 12.2. The summed E-state index contributed by atoms with van der Waals surface area (Å²) in [5.74, 6) is 1.25. The van der Waals surface area contributed by atoms with Crippen LogP contribution in [-0.2, 0) is 18.4 Å². The standard InChI is InChI=1S/C20H26N4O/c1-14-6-4-5-7-18(14)20-19-13-23(12-17-8-9-22(3)21-17)10-16(19)11-24(20)15(2)25/h4-9,16,19-20H,10-13H2,1-3H3/t16-,19-,20-/m1/s1. The van der Waals surface area contributed by atoms with E-state index in [1.165, 1.54) is 11.1 Å². The van der Waals surface area contributed by atoms with Crippen molar-refractivity contribution < 1.29 is 4.79 Å². The number of hydrogen-bond donors (Lipinski definition) is 0. The minimum absolute atomic E-state index is 0.193. The van der Waals surface area contributed by atoms with Crippen molar-refractivity contribution in [2.24, 2.45) is 18.9 Å². The van der Waals surface area contributed by atoms with E-state index in [-0.39, 0.29) is 11.9 Å². The highest BCUT2D eigenvalue weighted by Gasteiger charge is 2.48. The molecule has 1 amide bonds. The molecule has 0 N–H and O–H groups in total. The Bertz CT molecular complexity index is 784. The van der Waals surface area contributed by atoms with E-state index in [9.17, 15) is 4.79 Å². The number of rotatable bonds is 3. The monoisotopic (exact) mass is 338 g/mol. The van der Waals surface area contributed by atoms with Gasteiger partial charge in [-0.25, -0.2) is 0 Å². The van der Waals surface area contributed by atoms with E-state index >= 15 is 0 Å². The molecule has 132 valence electrons. The summed E-state index contributed by atoms with van der Waals surface area (Å²) in [7, 11) is 1.96. The van der Waals surface area contributed by atoms with Gasteiger partial charge in [0.2, 0.25) is 5.91 Å². The minimum atomic E-state index is 0.193. The van der Waals surface area contributed by atoms with Crippen LogP contribution in [0.1, 0.15) is 29.8 Å². The van der Waals surface area contributed by atoms with Crippen LogP contribution in [0.4, 0.5) is 0 Å². The minimum Gasteiger partial charge on any atom is -0.335 e. The second-order valence-corrected chi connectivity index (χ2v) is 7.57. The van der Waals surface area contributed by atoms with Crippen molar-refractivity contribution in [1.29, 1.82) is 0 Å². The normalized spacial score (nSPS) is 26.2. The molecule has 2 fully saturated rings. The average Bonchev–Trinajstić information content (AvgIpc) is 3.23. The Morgan fingerprint density at radius 3 is 2.68 bits per heavy atom. The van der Waals surface area contributed by atoms with Crippen LogP contribution in [0.2, 0.25) is 0 Å². The van der Waals surface area contributed by atoms with Gasteiger partial charge in [0.05, 0.1) is 11.7 Å². The Balaban J connectivity index is 1.57. The van der Waals surface area contributed by atoms with Crippen molar-refractivity contribution in [3.63, 3.8) is 0 Å². The third-order valence-electron chi connectivity index (χ3n) is 5.81. The van der Waals surface area contributed by atoms with E-state index in [0.717, 1.165) is 31.9 Å². The van der Waals surface area contributed by atoms with Crippen molar-refractivity contribution in [2.75, 3.05) is 19.6 Å². The molecular weight excluding hydrogens is 312 g/mol. The van der Waals surface area contributed by atoms with E-state index in [2.05, 4.69) is 52.2 Å². The SMILES string of the molecule is CC(=O)N1C[C@H]2CN(Cc3ccn(C)n3)C[C@H]2[C@H]1c1ccccc1C. The molecule has 3 heterocycles. The molecule has 2 aliphatic rings. The van der Waals surface area contributed by atoms with Gasteiger partial charge in [0.15, 0.2) is 0 Å². The van der Waals surface area contributed by atoms with Crippen molar-refractivity contribution in [3.05, 3.63) is 53.3 Å². The van der Waals surface area contributed by atoms with Gasteiger partial charge >= 0.3 is 0 Å². The first kappa shape index (κ1) is 16.3. The number of carbonyl (C=O) groups is 1. The summed E-state index contributed by atoms with van der Waals surface area (Å²) in [4.78, 5) is 16.8. The quantitative estimate of drug-likeness (QED) is 0.863. The van der Waals surface area contributed by atoms with E-state index in [0.29, 0.717) is 11.8 Å². The number of aromatic nitrogens is 2. The second kappa shape index (κ2) is 6.30. The van der Waals surface area contributed by atoms with E-state index in [1.807, 2.05) is 17.9 Å². The molecule has 0 unspecified atom stereocenters. The van der Waals surface area contributed by atoms with E-state index < -0.39 is 0 Å². The fourth-order valence-electron chi connectivity index (χ4n) is 4.68. The van der Waals surface area contributed by atoms with Gasteiger partial charge in [-0.3, -0.25) is 14.4 Å². The lowest BCUT2D eigenvalue weighted by Crippen LogP contribution is -2.34. The molecule has 0 spiro atoms. The van der Waals surface area contributed by atoms with Crippen molar-refractivity contribution in [1.82, 2.24) is 19.6 Å². The van der Waals surface area contributed by atoms with Crippen LogP contribution in [0.15, 0.2) is 36.5 Å². The number of benzene rings is 1. The summed E-state index contributed by atoms with van der Waals surface area (Å²) in [5, 5.41) is 4.51. The number of hydrogen-bond acceptors (Lipinski definition) is 3.